The minimum atomic E-state index is 0.627. The first-order valence-corrected chi connectivity index (χ1v) is 15.1. The molecule has 8 nitrogen and oxygen atoms in total. The van der Waals surface area contributed by atoms with Crippen LogP contribution < -0.4 is 21.1 Å². The maximum absolute atomic E-state index is 6.30. The molecule has 4 aliphatic rings. The molecule has 2 fully saturated rings. The second-order valence-corrected chi connectivity index (χ2v) is 11.5. The van der Waals surface area contributed by atoms with Crippen molar-refractivity contribution in [1.29, 1.82) is 0 Å². The second kappa shape index (κ2) is 14.0. The van der Waals surface area contributed by atoms with Crippen molar-refractivity contribution in [3.63, 3.8) is 0 Å². The monoisotopic (exact) mass is 575 g/mol. The summed E-state index contributed by atoms with van der Waals surface area (Å²) in [4.78, 5) is 16.6. The van der Waals surface area contributed by atoms with E-state index in [9.17, 15) is 0 Å². The topological polar surface area (TPSA) is 96.8 Å². The van der Waals surface area contributed by atoms with Crippen LogP contribution in [0.2, 0.25) is 0 Å². The average molecular weight is 576 g/mol. The van der Waals surface area contributed by atoms with Gasteiger partial charge in [0.05, 0.1) is 24.1 Å². The molecule has 0 amide bonds. The molecule has 0 aromatic carbocycles. The highest BCUT2D eigenvalue weighted by molar-refractivity contribution is 6.30. The molecule has 4 heterocycles. The number of halogens is 1. The molecule has 0 bridgehead atoms. The Morgan fingerprint density at radius 3 is 2.51 bits per heavy atom. The molecule has 1 saturated carbocycles. The lowest BCUT2D eigenvalue weighted by molar-refractivity contribution is 0.134. The number of aromatic nitrogens is 2. The predicted molar refractivity (Wildman–Crippen MR) is 168 cm³/mol. The highest BCUT2D eigenvalue weighted by Gasteiger charge is 2.23. The fourth-order valence-electron chi connectivity index (χ4n) is 5.21. The van der Waals surface area contributed by atoms with Crippen molar-refractivity contribution in [3.8, 4) is 5.75 Å². The Hall–Kier alpha value is -3.33. The number of pyridine rings is 2. The first-order chi connectivity index (χ1) is 20.0. The van der Waals surface area contributed by atoms with E-state index in [1.807, 2.05) is 18.5 Å². The highest BCUT2D eigenvalue weighted by atomic mass is 35.5. The first kappa shape index (κ1) is 29.2. The van der Waals surface area contributed by atoms with Crippen molar-refractivity contribution in [2.45, 2.75) is 38.5 Å². The quantitative estimate of drug-likeness (QED) is 0.456. The minimum Gasteiger partial charge on any atom is -0.488 e. The number of anilines is 2. The first-order valence-electron chi connectivity index (χ1n) is 14.7. The fourth-order valence-corrected chi connectivity index (χ4v) is 5.44. The molecule has 6 rings (SSSR count). The van der Waals surface area contributed by atoms with Crippen LogP contribution >= 0.6 is 11.6 Å². The largest absolute Gasteiger partial charge is 0.488 e. The number of allylic oxidation sites excluding steroid dienone is 5. The lowest BCUT2D eigenvalue weighted by Crippen LogP contribution is -2.47. The number of fused-ring (bicyclic) bond motifs is 1. The summed E-state index contributed by atoms with van der Waals surface area (Å²) in [5.41, 5.74) is 18.3. The molecule has 2 aliphatic carbocycles. The maximum Gasteiger partial charge on any atom is 0.161 e. The molecule has 2 aliphatic heterocycles. The van der Waals surface area contributed by atoms with Gasteiger partial charge in [-0.25, -0.2) is 0 Å². The van der Waals surface area contributed by atoms with Crippen LogP contribution in [0.25, 0.3) is 5.57 Å². The second-order valence-electron chi connectivity index (χ2n) is 11.0. The summed E-state index contributed by atoms with van der Waals surface area (Å²) < 4.78 is 5.93. The smallest absolute Gasteiger partial charge is 0.161 e. The highest BCUT2D eigenvalue weighted by Crippen LogP contribution is 2.38. The minimum absolute atomic E-state index is 0.627. The molecule has 1 saturated heterocycles. The van der Waals surface area contributed by atoms with E-state index >= 15 is 0 Å². The zero-order valence-electron chi connectivity index (χ0n) is 23.9. The van der Waals surface area contributed by atoms with Gasteiger partial charge in [0.25, 0.3) is 0 Å². The number of ether oxygens (including phenoxy) is 1. The molecule has 0 spiro atoms. The molecule has 9 heteroatoms. The Morgan fingerprint density at radius 1 is 1.05 bits per heavy atom. The van der Waals surface area contributed by atoms with E-state index in [2.05, 4.69) is 55.5 Å². The van der Waals surface area contributed by atoms with Crippen molar-refractivity contribution in [3.05, 3.63) is 83.2 Å². The van der Waals surface area contributed by atoms with E-state index in [0.29, 0.717) is 6.61 Å². The lowest BCUT2D eigenvalue weighted by Gasteiger charge is -2.34. The van der Waals surface area contributed by atoms with Crippen LogP contribution in [0.1, 0.15) is 43.5 Å². The molecule has 218 valence electrons. The van der Waals surface area contributed by atoms with Crippen LogP contribution in [0, 0.1) is 0 Å². The molecule has 0 radical (unpaired) electrons. The van der Waals surface area contributed by atoms with Gasteiger partial charge in [0.2, 0.25) is 0 Å². The van der Waals surface area contributed by atoms with Crippen LogP contribution in [-0.2, 0) is 6.42 Å². The van der Waals surface area contributed by atoms with Crippen LogP contribution in [0.15, 0.2) is 71.8 Å². The number of hydrogen-bond acceptors (Lipinski definition) is 8. The average Bonchev–Trinajstić information content (AvgIpc) is 3.84. The van der Waals surface area contributed by atoms with Gasteiger partial charge in [0.15, 0.2) is 5.75 Å². The molecular weight excluding hydrogens is 534 g/mol. The van der Waals surface area contributed by atoms with E-state index in [0.717, 1.165) is 116 Å². The third-order valence-corrected chi connectivity index (χ3v) is 8.15. The van der Waals surface area contributed by atoms with Crippen LogP contribution in [0.3, 0.4) is 0 Å². The van der Waals surface area contributed by atoms with Gasteiger partial charge in [-0.15, -0.1) is 0 Å². The van der Waals surface area contributed by atoms with E-state index in [1.165, 1.54) is 18.4 Å². The van der Waals surface area contributed by atoms with Crippen LogP contribution in [-0.4, -0.2) is 72.2 Å². The molecule has 2 aromatic heterocycles. The Labute approximate surface area is 249 Å². The van der Waals surface area contributed by atoms with Gasteiger partial charge in [-0.05, 0) is 68.2 Å². The van der Waals surface area contributed by atoms with Crippen molar-refractivity contribution < 1.29 is 4.74 Å². The lowest BCUT2D eigenvalue weighted by atomic mass is 10.0. The van der Waals surface area contributed by atoms with E-state index in [1.54, 1.807) is 6.20 Å². The number of piperazine rings is 1. The van der Waals surface area contributed by atoms with Gasteiger partial charge < -0.3 is 30.9 Å². The molecule has 2 aromatic rings. The Kier molecular flexibility index (Phi) is 9.98. The van der Waals surface area contributed by atoms with Gasteiger partial charge in [0.1, 0.15) is 6.61 Å². The third-order valence-electron chi connectivity index (χ3n) is 7.85. The van der Waals surface area contributed by atoms with Gasteiger partial charge in [-0.1, -0.05) is 29.8 Å². The molecular formula is C32H42ClN7O. The maximum atomic E-state index is 6.30. The third kappa shape index (κ3) is 8.35. The molecule has 0 unspecified atom stereocenters. The number of rotatable bonds is 8. The van der Waals surface area contributed by atoms with E-state index in [-0.39, 0.29) is 0 Å². The fraction of sp³-hybridized carbons (Fsp3) is 0.438. The van der Waals surface area contributed by atoms with E-state index in [4.69, 9.17) is 27.8 Å². The van der Waals surface area contributed by atoms with Crippen LogP contribution in [0.5, 0.6) is 5.75 Å². The predicted octanol–water partition coefficient (Wildman–Crippen LogP) is 4.95. The SMILES string of the molecule is C=C(N)CCN1CCN(CCc2cc(N3CCOc4cnc(C5=CCCC(Cl)=C5)cc43)ccn2)CC1.NC=C1CC1. The summed E-state index contributed by atoms with van der Waals surface area (Å²) in [5.74, 6) is 0.811. The number of nitrogens with zero attached hydrogens (tertiary/aromatic N) is 5. The van der Waals surface area contributed by atoms with Crippen molar-refractivity contribution in [2.24, 2.45) is 11.5 Å². The Bertz CT molecular complexity index is 1310. The van der Waals surface area contributed by atoms with Gasteiger partial charge >= 0.3 is 0 Å². The summed E-state index contributed by atoms with van der Waals surface area (Å²) in [6, 6.07) is 6.42. The Balaban J connectivity index is 0.000000610. The number of hydrogen-bond donors (Lipinski definition) is 2. The summed E-state index contributed by atoms with van der Waals surface area (Å²) in [7, 11) is 0. The van der Waals surface area contributed by atoms with Crippen LogP contribution in [0.4, 0.5) is 11.4 Å². The zero-order valence-corrected chi connectivity index (χ0v) is 24.7. The van der Waals surface area contributed by atoms with E-state index < -0.39 is 0 Å². The van der Waals surface area contributed by atoms with Gasteiger partial charge in [-0.2, -0.15) is 0 Å². The molecule has 0 atom stereocenters. The Morgan fingerprint density at radius 2 is 1.83 bits per heavy atom. The summed E-state index contributed by atoms with van der Waals surface area (Å²) in [6.45, 7) is 11.6. The number of nitrogens with two attached hydrogens (primary N) is 2. The molecule has 4 N–H and O–H groups in total. The zero-order chi connectivity index (χ0) is 28.6. The summed E-state index contributed by atoms with van der Waals surface area (Å²) in [5, 5.41) is 0.877. The standard InChI is InChI=1S/C28H35ClN6O.C4H7N/c1-21(30)6-9-33-11-13-34(14-12-33)10-7-24-18-25(5-8-31-24)35-15-16-36-28-20-32-26(19-27(28)35)22-3-2-4-23(29)17-22;5-3-4-1-2-4/h3,5,8,17-20H,1-2,4,6-7,9-16,30H2;3H,1-2,5H2. The van der Waals surface area contributed by atoms with Crippen molar-refractivity contribution in [2.75, 3.05) is 57.3 Å². The van der Waals surface area contributed by atoms with Crippen molar-refractivity contribution >= 4 is 28.5 Å². The summed E-state index contributed by atoms with van der Waals surface area (Å²) in [6.07, 6.45) is 15.8. The van der Waals surface area contributed by atoms with Gasteiger partial charge in [0, 0.05) is 74.0 Å². The summed E-state index contributed by atoms with van der Waals surface area (Å²) >= 11 is 6.30. The normalized spacial score (nSPS) is 18.8. The molecule has 41 heavy (non-hydrogen) atoms. The van der Waals surface area contributed by atoms with Crippen molar-refractivity contribution in [1.82, 2.24) is 19.8 Å². The van der Waals surface area contributed by atoms with Gasteiger partial charge in [-0.3, -0.25) is 9.97 Å².